The summed E-state index contributed by atoms with van der Waals surface area (Å²) in [6.07, 6.45) is 4.10. The lowest BCUT2D eigenvalue weighted by Crippen LogP contribution is -2.32. The maximum absolute atomic E-state index is 13.4. The third-order valence-corrected chi connectivity index (χ3v) is 5.89. The van der Waals surface area contributed by atoms with E-state index in [-0.39, 0.29) is 12.5 Å². The van der Waals surface area contributed by atoms with E-state index in [2.05, 4.69) is 20.9 Å². The van der Waals surface area contributed by atoms with Gasteiger partial charge in [-0.1, -0.05) is 23.7 Å². The zero-order valence-corrected chi connectivity index (χ0v) is 18.8. The third-order valence-electron chi connectivity index (χ3n) is 5.59. The average Bonchev–Trinajstić information content (AvgIpc) is 2.79. The van der Waals surface area contributed by atoms with Gasteiger partial charge in [0.25, 0.3) is 0 Å². The monoisotopic (exact) mass is 470 g/mol. The summed E-state index contributed by atoms with van der Waals surface area (Å²) in [5.41, 5.74) is 2.81. The number of rotatable bonds is 7. The number of hydrogen-bond donors (Lipinski definition) is 3. The molecule has 2 heterocycles. The van der Waals surface area contributed by atoms with Crippen LogP contribution in [0.4, 0.5) is 20.3 Å². The van der Waals surface area contributed by atoms with Crippen LogP contribution in [-0.4, -0.2) is 24.0 Å². The molecule has 0 bridgehead atoms. The largest absolute Gasteiger partial charge is 0.381 e. The molecule has 0 radical (unpaired) electrons. The van der Waals surface area contributed by atoms with E-state index in [9.17, 15) is 13.6 Å². The molecule has 3 N–H and O–H groups in total. The topological polar surface area (TPSA) is 66.1 Å². The first-order valence-corrected chi connectivity index (χ1v) is 11.3. The predicted molar refractivity (Wildman–Crippen MR) is 127 cm³/mol. The Balaban J connectivity index is 1.45. The molecule has 1 atom stereocenters. The molecule has 1 amide bonds. The van der Waals surface area contributed by atoms with Crippen molar-refractivity contribution in [3.8, 4) is 11.1 Å². The summed E-state index contributed by atoms with van der Waals surface area (Å²) in [6, 6.07) is 12.7. The second kappa shape index (κ2) is 10.7. The number of aromatic nitrogens is 1. The van der Waals surface area contributed by atoms with E-state index >= 15 is 0 Å². The van der Waals surface area contributed by atoms with Crippen LogP contribution in [0.15, 0.2) is 54.7 Å². The molecule has 1 aliphatic rings. The molecule has 1 fully saturated rings. The Labute approximate surface area is 196 Å². The summed E-state index contributed by atoms with van der Waals surface area (Å²) in [4.78, 5) is 16.7. The van der Waals surface area contributed by atoms with Crippen LogP contribution in [-0.2, 0) is 11.3 Å². The van der Waals surface area contributed by atoms with Gasteiger partial charge in [0, 0.05) is 36.5 Å². The fraction of sp³-hybridized carbons (Fsp3) is 0.280. The maximum atomic E-state index is 13.4. The van der Waals surface area contributed by atoms with Gasteiger partial charge in [-0.15, -0.1) is 0 Å². The Morgan fingerprint density at radius 2 is 1.97 bits per heavy atom. The van der Waals surface area contributed by atoms with Crippen LogP contribution >= 0.6 is 11.6 Å². The SMILES string of the molecule is O=C(C[C@@H]1CCCNC1)Nc1cc(-c2cccc(NCc3cc(F)cc(F)c3)c2)c(Cl)cn1. The molecular weight excluding hydrogens is 446 g/mol. The normalized spacial score (nSPS) is 15.8. The number of hydrogen-bond acceptors (Lipinski definition) is 4. The predicted octanol–water partition coefficient (Wildman–Crippen LogP) is 5.62. The second-order valence-electron chi connectivity index (χ2n) is 8.23. The maximum Gasteiger partial charge on any atom is 0.225 e. The Bertz CT molecular complexity index is 1110. The van der Waals surface area contributed by atoms with Gasteiger partial charge in [-0.3, -0.25) is 4.79 Å². The first kappa shape index (κ1) is 23.1. The highest BCUT2D eigenvalue weighted by Crippen LogP contribution is 2.31. The van der Waals surface area contributed by atoms with Crippen molar-refractivity contribution in [2.24, 2.45) is 5.92 Å². The van der Waals surface area contributed by atoms with Crippen LogP contribution in [0.2, 0.25) is 5.02 Å². The van der Waals surface area contributed by atoms with Crippen LogP contribution < -0.4 is 16.0 Å². The Hall–Kier alpha value is -3.03. The van der Waals surface area contributed by atoms with Crippen molar-refractivity contribution in [3.63, 3.8) is 0 Å². The molecule has 5 nitrogen and oxygen atoms in total. The van der Waals surface area contributed by atoms with Crippen LogP contribution in [0.3, 0.4) is 0 Å². The Kier molecular flexibility index (Phi) is 7.52. The molecule has 0 unspecified atom stereocenters. The van der Waals surface area contributed by atoms with E-state index < -0.39 is 11.6 Å². The minimum Gasteiger partial charge on any atom is -0.381 e. The summed E-state index contributed by atoms with van der Waals surface area (Å²) < 4.78 is 26.8. The molecule has 1 saturated heterocycles. The summed E-state index contributed by atoms with van der Waals surface area (Å²) in [5, 5.41) is 9.81. The number of piperidine rings is 1. The van der Waals surface area contributed by atoms with Gasteiger partial charge >= 0.3 is 0 Å². The number of carbonyl (C=O) groups is 1. The zero-order chi connectivity index (χ0) is 23.2. The standard InChI is InChI=1S/C25H25ClF2N4O/c26-23-15-31-24(32-25(33)9-16-3-2-6-29-13-16)12-22(23)18-4-1-5-21(10-18)30-14-17-7-19(27)11-20(28)8-17/h1,4-5,7-8,10-12,15-16,29-30H,2-3,6,9,13-14H2,(H,31,32,33)/t16-/m0/s1. The van der Waals surface area contributed by atoms with Crippen LogP contribution in [0.1, 0.15) is 24.8 Å². The molecule has 0 aliphatic carbocycles. The quantitative estimate of drug-likeness (QED) is 0.419. The fourth-order valence-electron chi connectivity index (χ4n) is 4.00. The molecule has 33 heavy (non-hydrogen) atoms. The number of carbonyl (C=O) groups excluding carboxylic acids is 1. The molecule has 172 valence electrons. The molecule has 1 aromatic heterocycles. The Morgan fingerprint density at radius 3 is 2.73 bits per heavy atom. The number of pyridine rings is 1. The minimum absolute atomic E-state index is 0.0674. The van der Waals surface area contributed by atoms with Crippen LogP contribution in [0.5, 0.6) is 0 Å². The van der Waals surface area contributed by atoms with E-state index in [0.717, 1.165) is 48.8 Å². The average molecular weight is 471 g/mol. The number of amides is 1. The molecule has 0 saturated carbocycles. The van der Waals surface area contributed by atoms with Gasteiger partial charge < -0.3 is 16.0 Å². The first-order valence-electron chi connectivity index (χ1n) is 10.9. The summed E-state index contributed by atoms with van der Waals surface area (Å²) in [6.45, 7) is 2.13. The molecular formula is C25H25ClF2N4O. The summed E-state index contributed by atoms with van der Waals surface area (Å²) >= 11 is 6.40. The summed E-state index contributed by atoms with van der Waals surface area (Å²) in [5.74, 6) is -0.518. The van der Waals surface area contributed by atoms with Crippen LogP contribution in [0.25, 0.3) is 11.1 Å². The van der Waals surface area contributed by atoms with E-state index in [0.29, 0.717) is 28.7 Å². The summed E-state index contributed by atoms with van der Waals surface area (Å²) in [7, 11) is 0. The first-order chi connectivity index (χ1) is 16.0. The van der Waals surface area contributed by atoms with E-state index in [1.165, 1.54) is 18.3 Å². The minimum atomic E-state index is -0.613. The van der Waals surface area contributed by atoms with Crippen molar-refractivity contribution in [2.45, 2.75) is 25.8 Å². The van der Waals surface area contributed by atoms with Crippen LogP contribution in [0, 0.1) is 17.6 Å². The van der Waals surface area contributed by atoms with Crippen molar-refractivity contribution in [1.29, 1.82) is 0 Å². The third kappa shape index (κ3) is 6.49. The van der Waals surface area contributed by atoms with Gasteiger partial charge in [0.1, 0.15) is 17.5 Å². The van der Waals surface area contributed by atoms with E-state index in [4.69, 9.17) is 11.6 Å². The number of nitrogens with one attached hydrogen (secondary N) is 3. The lowest BCUT2D eigenvalue weighted by atomic mass is 9.96. The Morgan fingerprint density at radius 1 is 1.15 bits per heavy atom. The van der Waals surface area contributed by atoms with E-state index in [1.807, 2.05) is 24.3 Å². The highest BCUT2D eigenvalue weighted by Gasteiger charge is 2.17. The fourth-order valence-corrected chi connectivity index (χ4v) is 4.21. The smallest absolute Gasteiger partial charge is 0.225 e. The molecule has 2 aromatic carbocycles. The zero-order valence-electron chi connectivity index (χ0n) is 18.0. The number of anilines is 2. The molecule has 1 aliphatic heterocycles. The van der Waals surface area contributed by atoms with E-state index in [1.54, 1.807) is 6.07 Å². The van der Waals surface area contributed by atoms with Gasteiger partial charge in [-0.25, -0.2) is 13.8 Å². The van der Waals surface area contributed by atoms with Gasteiger partial charge in [-0.05, 0) is 73.3 Å². The highest BCUT2D eigenvalue weighted by molar-refractivity contribution is 6.33. The van der Waals surface area contributed by atoms with Gasteiger partial charge in [-0.2, -0.15) is 0 Å². The molecule has 0 spiro atoms. The highest BCUT2D eigenvalue weighted by atomic mass is 35.5. The van der Waals surface area contributed by atoms with Crippen molar-refractivity contribution in [1.82, 2.24) is 10.3 Å². The van der Waals surface area contributed by atoms with Gasteiger partial charge in [0.05, 0.1) is 5.02 Å². The lowest BCUT2D eigenvalue weighted by Gasteiger charge is -2.22. The van der Waals surface area contributed by atoms with Gasteiger partial charge in [0.2, 0.25) is 5.91 Å². The number of benzene rings is 2. The van der Waals surface area contributed by atoms with Crippen molar-refractivity contribution in [3.05, 3.63) is 76.9 Å². The molecule has 3 aromatic rings. The van der Waals surface area contributed by atoms with Gasteiger partial charge in [0.15, 0.2) is 0 Å². The van der Waals surface area contributed by atoms with Crippen molar-refractivity contribution < 1.29 is 13.6 Å². The molecule has 8 heteroatoms. The second-order valence-corrected chi connectivity index (χ2v) is 8.63. The number of nitrogens with zero attached hydrogens (tertiary/aromatic N) is 1. The lowest BCUT2D eigenvalue weighted by molar-refractivity contribution is -0.117. The molecule has 4 rings (SSSR count). The number of halogens is 3. The van der Waals surface area contributed by atoms with Crippen molar-refractivity contribution >= 4 is 29.0 Å². The van der Waals surface area contributed by atoms with Crippen molar-refractivity contribution in [2.75, 3.05) is 23.7 Å².